The van der Waals surface area contributed by atoms with Gasteiger partial charge in [0.2, 0.25) is 0 Å². The van der Waals surface area contributed by atoms with Gasteiger partial charge in [0, 0.05) is 11.1 Å². The molecular weight excluding hydrogens is 216 g/mol. The number of rotatable bonds is 7. The molecule has 0 aromatic carbocycles. The predicted molar refractivity (Wildman–Crippen MR) is 68.3 cm³/mol. The van der Waals surface area contributed by atoms with Crippen LogP contribution in [0.2, 0.25) is 0 Å². The number of unbranched alkanes of at least 4 members (excludes halogenated alkanes) is 1. The first-order valence-electron chi connectivity index (χ1n) is 5.74. The molecule has 0 bridgehead atoms. The van der Waals surface area contributed by atoms with E-state index >= 15 is 0 Å². The molecule has 0 saturated carbocycles. The third-order valence-electron chi connectivity index (χ3n) is 2.22. The molecule has 0 aliphatic rings. The Bertz CT molecular complexity index is 337. The fraction of sp³-hybridized carbons (Fsp3) is 0.429. The van der Waals surface area contributed by atoms with Crippen LogP contribution in [0, 0.1) is 0 Å². The molecule has 0 atom stereocenters. The number of hydrogen-bond donors (Lipinski definition) is 0. The van der Waals surface area contributed by atoms with Gasteiger partial charge in [-0.1, -0.05) is 32.1 Å². The lowest BCUT2D eigenvalue weighted by Crippen LogP contribution is -2.14. The summed E-state index contributed by atoms with van der Waals surface area (Å²) in [7, 11) is 0. The highest BCUT2D eigenvalue weighted by Gasteiger charge is 2.14. The molecule has 0 heterocycles. The molecule has 3 nitrogen and oxygen atoms in total. The van der Waals surface area contributed by atoms with Gasteiger partial charge in [-0.05, 0) is 26.2 Å². The lowest BCUT2D eigenvalue weighted by molar-refractivity contribution is -0.154. The van der Waals surface area contributed by atoms with E-state index in [0.717, 1.165) is 12.8 Å². The Labute approximate surface area is 103 Å². The fourth-order valence-electron chi connectivity index (χ4n) is 1.07. The van der Waals surface area contributed by atoms with E-state index in [2.05, 4.69) is 17.9 Å². The molecule has 3 heteroatoms. The quantitative estimate of drug-likeness (QED) is 0.295. The Morgan fingerprint density at radius 1 is 1.29 bits per heavy atom. The fourth-order valence-corrected chi connectivity index (χ4v) is 1.07. The second-order valence-corrected chi connectivity index (χ2v) is 3.80. The van der Waals surface area contributed by atoms with Gasteiger partial charge in [-0.15, -0.1) is 6.58 Å². The summed E-state index contributed by atoms with van der Waals surface area (Å²) in [6, 6.07) is 0. The van der Waals surface area contributed by atoms with Crippen LogP contribution < -0.4 is 0 Å². The monoisotopic (exact) mass is 236 g/mol. The SMILES string of the molecule is C=CCC=C(C)C(=O)OC(=O)C(=C)CCCC. The van der Waals surface area contributed by atoms with Crippen molar-refractivity contribution in [2.24, 2.45) is 0 Å². The Kier molecular flexibility index (Phi) is 7.68. The first kappa shape index (κ1) is 15.4. The first-order chi connectivity index (χ1) is 8.02. The van der Waals surface area contributed by atoms with Crippen LogP contribution in [0.3, 0.4) is 0 Å². The third-order valence-corrected chi connectivity index (χ3v) is 2.22. The van der Waals surface area contributed by atoms with Gasteiger partial charge in [-0.2, -0.15) is 0 Å². The van der Waals surface area contributed by atoms with Crippen LogP contribution in [-0.4, -0.2) is 11.9 Å². The van der Waals surface area contributed by atoms with Gasteiger partial charge in [-0.25, -0.2) is 9.59 Å². The first-order valence-corrected chi connectivity index (χ1v) is 5.74. The normalized spacial score (nSPS) is 10.8. The largest absolute Gasteiger partial charge is 0.386 e. The summed E-state index contributed by atoms with van der Waals surface area (Å²) in [5.41, 5.74) is 0.748. The molecule has 94 valence electrons. The second kappa shape index (κ2) is 8.50. The van der Waals surface area contributed by atoms with Crippen molar-refractivity contribution >= 4 is 11.9 Å². The average Bonchev–Trinajstić information content (AvgIpc) is 2.32. The highest BCUT2D eigenvalue weighted by atomic mass is 16.6. The zero-order valence-corrected chi connectivity index (χ0v) is 10.6. The highest BCUT2D eigenvalue weighted by Crippen LogP contribution is 2.08. The van der Waals surface area contributed by atoms with E-state index < -0.39 is 11.9 Å². The molecule has 0 rings (SSSR count). The molecule has 0 fully saturated rings. The van der Waals surface area contributed by atoms with Gasteiger partial charge in [0.05, 0.1) is 0 Å². The minimum Gasteiger partial charge on any atom is -0.386 e. The number of carbonyl (C=O) groups is 2. The second-order valence-electron chi connectivity index (χ2n) is 3.80. The van der Waals surface area contributed by atoms with Crippen molar-refractivity contribution < 1.29 is 14.3 Å². The summed E-state index contributed by atoms with van der Waals surface area (Å²) in [4.78, 5) is 22.9. The van der Waals surface area contributed by atoms with Crippen LogP contribution in [0.1, 0.15) is 39.5 Å². The number of hydrogen-bond acceptors (Lipinski definition) is 3. The third kappa shape index (κ3) is 6.51. The molecular formula is C14H20O3. The summed E-state index contributed by atoms with van der Waals surface area (Å²) >= 11 is 0. The molecule has 0 aliphatic heterocycles. The Hall–Kier alpha value is -1.64. The van der Waals surface area contributed by atoms with E-state index in [1.807, 2.05) is 6.92 Å². The Balaban J connectivity index is 4.24. The van der Waals surface area contributed by atoms with Crippen molar-refractivity contribution in [3.8, 4) is 0 Å². The standard InChI is InChI=1S/C14H20O3/c1-5-7-9-11(3)13(15)17-14(16)12(4)10-8-6-2/h5,9H,1,4,6-8,10H2,2-3H3. The van der Waals surface area contributed by atoms with Crippen LogP contribution in [0.4, 0.5) is 0 Å². The zero-order valence-electron chi connectivity index (χ0n) is 10.6. The molecule has 0 aliphatic carbocycles. The average molecular weight is 236 g/mol. The van der Waals surface area contributed by atoms with Gasteiger partial charge < -0.3 is 4.74 Å². The number of carbonyl (C=O) groups excluding carboxylic acids is 2. The minimum absolute atomic E-state index is 0.344. The molecule has 0 radical (unpaired) electrons. The molecule has 0 amide bonds. The van der Waals surface area contributed by atoms with Crippen LogP contribution >= 0.6 is 0 Å². The van der Waals surface area contributed by atoms with Crippen LogP contribution in [0.5, 0.6) is 0 Å². The topological polar surface area (TPSA) is 43.4 Å². The predicted octanol–water partition coefficient (Wildman–Crippen LogP) is 3.33. The van der Waals surface area contributed by atoms with E-state index in [-0.39, 0.29) is 0 Å². The van der Waals surface area contributed by atoms with Crippen molar-refractivity contribution in [3.63, 3.8) is 0 Å². The molecule has 17 heavy (non-hydrogen) atoms. The molecule has 0 aromatic rings. The summed E-state index contributed by atoms with van der Waals surface area (Å²) in [6.07, 6.45) is 6.31. The van der Waals surface area contributed by atoms with Gasteiger partial charge >= 0.3 is 11.9 Å². The van der Waals surface area contributed by atoms with Crippen LogP contribution in [0.15, 0.2) is 36.5 Å². The molecule has 0 N–H and O–H groups in total. The zero-order chi connectivity index (χ0) is 13.3. The summed E-state index contributed by atoms with van der Waals surface area (Å²) in [5, 5.41) is 0. The van der Waals surface area contributed by atoms with E-state index in [9.17, 15) is 9.59 Å². The van der Waals surface area contributed by atoms with Gasteiger partial charge in [0.15, 0.2) is 0 Å². The van der Waals surface area contributed by atoms with Crippen LogP contribution in [0.25, 0.3) is 0 Å². The molecule has 0 unspecified atom stereocenters. The number of esters is 2. The number of ether oxygens (including phenoxy) is 1. The maximum Gasteiger partial charge on any atom is 0.341 e. The Morgan fingerprint density at radius 2 is 1.94 bits per heavy atom. The van der Waals surface area contributed by atoms with Crippen molar-refractivity contribution in [1.82, 2.24) is 0 Å². The molecule has 0 saturated heterocycles. The van der Waals surface area contributed by atoms with Crippen molar-refractivity contribution in [2.45, 2.75) is 39.5 Å². The van der Waals surface area contributed by atoms with Gasteiger partial charge in [0.1, 0.15) is 0 Å². The van der Waals surface area contributed by atoms with Gasteiger partial charge in [0.25, 0.3) is 0 Å². The smallest absolute Gasteiger partial charge is 0.341 e. The van der Waals surface area contributed by atoms with E-state index in [1.54, 1.807) is 19.1 Å². The molecule has 0 aromatic heterocycles. The van der Waals surface area contributed by atoms with E-state index in [0.29, 0.717) is 24.0 Å². The highest BCUT2D eigenvalue weighted by molar-refractivity contribution is 6.01. The van der Waals surface area contributed by atoms with Crippen LogP contribution in [-0.2, 0) is 14.3 Å². The van der Waals surface area contributed by atoms with Crippen molar-refractivity contribution in [1.29, 1.82) is 0 Å². The van der Waals surface area contributed by atoms with Crippen molar-refractivity contribution in [3.05, 3.63) is 36.5 Å². The lowest BCUT2D eigenvalue weighted by atomic mass is 10.1. The minimum atomic E-state index is -0.630. The maximum absolute atomic E-state index is 11.5. The Morgan fingerprint density at radius 3 is 2.47 bits per heavy atom. The summed E-state index contributed by atoms with van der Waals surface area (Å²) in [5.74, 6) is -1.25. The van der Waals surface area contributed by atoms with Gasteiger partial charge in [-0.3, -0.25) is 0 Å². The number of allylic oxidation sites excluding steroid dienone is 2. The maximum atomic E-state index is 11.5. The molecule has 0 spiro atoms. The summed E-state index contributed by atoms with van der Waals surface area (Å²) < 4.78 is 4.69. The van der Waals surface area contributed by atoms with E-state index in [4.69, 9.17) is 0 Å². The van der Waals surface area contributed by atoms with Crippen molar-refractivity contribution in [2.75, 3.05) is 0 Å². The van der Waals surface area contributed by atoms with E-state index in [1.165, 1.54) is 0 Å². The summed E-state index contributed by atoms with van der Waals surface area (Å²) in [6.45, 7) is 10.8. The lowest BCUT2D eigenvalue weighted by Gasteiger charge is -2.05.